The van der Waals surface area contributed by atoms with Gasteiger partial charge >= 0.3 is 0 Å². The van der Waals surface area contributed by atoms with Gasteiger partial charge < -0.3 is 10.6 Å². The van der Waals surface area contributed by atoms with E-state index in [0.29, 0.717) is 21.9 Å². The van der Waals surface area contributed by atoms with Gasteiger partial charge in [0.05, 0.1) is 11.7 Å². The molecule has 5 rings (SSSR count). The molecule has 0 aliphatic carbocycles. The highest BCUT2D eigenvalue weighted by atomic mass is 35.5. The van der Waals surface area contributed by atoms with Gasteiger partial charge in [-0.1, -0.05) is 11.6 Å². The number of allylic oxidation sites excluding steroid dienone is 1. The van der Waals surface area contributed by atoms with Crippen molar-refractivity contribution in [3.63, 3.8) is 0 Å². The number of hydrogen-bond donors (Lipinski definition) is 1. The minimum Gasteiger partial charge on any atom is -0.404 e. The first kappa shape index (κ1) is 23.1. The van der Waals surface area contributed by atoms with Crippen LogP contribution in [0.5, 0.6) is 0 Å². The highest BCUT2D eigenvalue weighted by Gasteiger charge is 2.18. The molecule has 8 heteroatoms. The van der Waals surface area contributed by atoms with Crippen LogP contribution >= 0.6 is 11.6 Å². The van der Waals surface area contributed by atoms with Crippen LogP contribution in [-0.2, 0) is 0 Å². The van der Waals surface area contributed by atoms with Gasteiger partial charge in [-0.15, -0.1) is 0 Å². The van der Waals surface area contributed by atoms with E-state index in [-0.39, 0.29) is 6.04 Å². The number of pyridine rings is 3. The van der Waals surface area contributed by atoms with Crippen LogP contribution in [0.1, 0.15) is 12.0 Å². The van der Waals surface area contributed by atoms with Gasteiger partial charge in [0.2, 0.25) is 0 Å². The lowest BCUT2D eigenvalue weighted by Crippen LogP contribution is -2.15. The summed E-state index contributed by atoms with van der Waals surface area (Å²) < 4.78 is 14.7. The van der Waals surface area contributed by atoms with Gasteiger partial charge in [-0.25, -0.2) is 14.4 Å². The van der Waals surface area contributed by atoms with Crippen molar-refractivity contribution in [1.82, 2.24) is 19.9 Å². The lowest BCUT2D eigenvalue weighted by molar-refractivity contribution is 0.412. The van der Waals surface area contributed by atoms with Crippen molar-refractivity contribution in [2.24, 2.45) is 10.7 Å². The fraction of sp³-hybridized carbons (Fsp3) is 0.185. The Bertz CT molecular complexity index is 1450. The number of benzene rings is 1. The first-order chi connectivity index (χ1) is 17.0. The molecule has 35 heavy (non-hydrogen) atoms. The Morgan fingerprint density at radius 2 is 2.09 bits per heavy atom. The second-order valence-corrected chi connectivity index (χ2v) is 9.06. The van der Waals surface area contributed by atoms with E-state index in [1.54, 1.807) is 30.9 Å². The average molecular weight is 487 g/mol. The Morgan fingerprint density at radius 1 is 1.20 bits per heavy atom. The van der Waals surface area contributed by atoms with Gasteiger partial charge in [0.25, 0.3) is 0 Å². The van der Waals surface area contributed by atoms with Crippen LogP contribution < -0.4 is 5.73 Å². The van der Waals surface area contributed by atoms with E-state index in [0.717, 1.165) is 47.2 Å². The fourth-order valence-corrected chi connectivity index (χ4v) is 4.48. The molecular weight excluding hydrogens is 463 g/mol. The number of nitrogens with two attached hydrogens (primary N) is 1. The molecule has 1 unspecified atom stereocenters. The second-order valence-electron chi connectivity index (χ2n) is 8.62. The van der Waals surface area contributed by atoms with E-state index >= 15 is 0 Å². The molecule has 1 fully saturated rings. The first-order valence-electron chi connectivity index (χ1n) is 11.3. The molecule has 4 heterocycles. The number of halogens is 2. The van der Waals surface area contributed by atoms with Crippen LogP contribution in [0.3, 0.4) is 0 Å². The van der Waals surface area contributed by atoms with Gasteiger partial charge in [0.1, 0.15) is 5.82 Å². The molecule has 1 aliphatic rings. The molecule has 176 valence electrons. The Kier molecular flexibility index (Phi) is 6.53. The maximum Gasteiger partial charge on any atom is 0.160 e. The number of fused-ring (bicyclic) bond motifs is 1. The van der Waals surface area contributed by atoms with Gasteiger partial charge in [-0.3, -0.25) is 9.98 Å². The van der Waals surface area contributed by atoms with Crippen molar-refractivity contribution < 1.29 is 4.39 Å². The van der Waals surface area contributed by atoms with Crippen molar-refractivity contribution >= 4 is 34.4 Å². The summed E-state index contributed by atoms with van der Waals surface area (Å²) in [5, 5.41) is 1.26. The quantitative estimate of drug-likeness (QED) is 0.391. The number of likely N-dealkylation sites (tertiary alicyclic amines) is 1. The van der Waals surface area contributed by atoms with E-state index in [9.17, 15) is 4.39 Å². The minimum atomic E-state index is -0.405. The number of aliphatic imine (C=N–C) groups is 1. The molecule has 0 bridgehead atoms. The lowest BCUT2D eigenvalue weighted by atomic mass is 9.98. The van der Waals surface area contributed by atoms with E-state index < -0.39 is 5.82 Å². The van der Waals surface area contributed by atoms with Gasteiger partial charge in [-0.05, 0) is 68.0 Å². The number of hydrogen-bond acceptors (Lipinski definition) is 6. The van der Waals surface area contributed by atoms with Crippen molar-refractivity contribution in [2.45, 2.75) is 12.5 Å². The molecule has 0 spiro atoms. The zero-order chi connectivity index (χ0) is 24.4. The predicted octanol–water partition coefficient (Wildman–Crippen LogP) is 5.23. The zero-order valence-electron chi connectivity index (χ0n) is 19.2. The number of rotatable bonds is 5. The molecule has 1 atom stereocenters. The maximum atomic E-state index is 14.7. The first-order valence-corrected chi connectivity index (χ1v) is 11.7. The summed E-state index contributed by atoms with van der Waals surface area (Å²) in [6.45, 7) is 1.98. The molecule has 0 amide bonds. The summed E-state index contributed by atoms with van der Waals surface area (Å²) >= 11 is 6.14. The third-order valence-corrected chi connectivity index (χ3v) is 6.38. The van der Waals surface area contributed by atoms with E-state index in [4.69, 9.17) is 22.3 Å². The minimum absolute atomic E-state index is 0.261. The Morgan fingerprint density at radius 3 is 2.89 bits per heavy atom. The molecule has 1 aromatic carbocycles. The molecule has 1 saturated heterocycles. The van der Waals surface area contributed by atoms with Crippen molar-refractivity contribution in [3.05, 3.63) is 83.7 Å². The van der Waals surface area contributed by atoms with Gasteiger partial charge in [0, 0.05) is 70.2 Å². The highest BCUT2D eigenvalue weighted by Crippen LogP contribution is 2.33. The van der Waals surface area contributed by atoms with Gasteiger partial charge in [-0.2, -0.15) is 0 Å². The van der Waals surface area contributed by atoms with Crippen LogP contribution in [0.4, 0.5) is 4.39 Å². The number of nitrogens with zero attached hydrogens (tertiary/aromatic N) is 5. The molecule has 0 saturated carbocycles. The Balaban J connectivity index is 1.58. The molecule has 1 aliphatic heterocycles. The Labute approximate surface area is 208 Å². The van der Waals surface area contributed by atoms with Crippen LogP contribution in [-0.4, -0.2) is 52.2 Å². The smallest absolute Gasteiger partial charge is 0.160 e. The Hall–Kier alpha value is -3.68. The summed E-state index contributed by atoms with van der Waals surface area (Å²) in [5.74, 6) is -0.405. The third kappa shape index (κ3) is 4.92. The monoisotopic (exact) mass is 486 g/mol. The third-order valence-electron chi connectivity index (χ3n) is 6.14. The summed E-state index contributed by atoms with van der Waals surface area (Å²) in [5.41, 5.74) is 10.5. The van der Waals surface area contributed by atoms with Crippen molar-refractivity contribution in [3.8, 4) is 22.4 Å². The van der Waals surface area contributed by atoms with E-state index in [1.165, 1.54) is 12.1 Å². The zero-order valence-corrected chi connectivity index (χ0v) is 20.0. The number of aromatic nitrogens is 3. The molecule has 0 radical (unpaired) electrons. The normalized spacial score (nSPS) is 17.0. The van der Waals surface area contributed by atoms with Crippen LogP contribution in [0, 0.1) is 5.82 Å². The largest absolute Gasteiger partial charge is 0.404 e. The van der Waals surface area contributed by atoms with Crippen LogP contribution in [0.15, 0.2) is 72.2 Å². The predicted molar refractivity (Wildman–Crippen MR) is 140 cm³/mol. The molecule has 4 aromatic rings. The summed E-state index contributed by atoms with van der Waals surface area (Å²) in [4.78, 5) is 20.5. The summed E-state index contributed by atoms with van der Waals surface area (Å²) in [6, 6.07) is 12.3. The van der Waals surface area contributed by atoms with Crippen LogP contribution in [0.2, 0.25) is 5.02 Å². The molecule has 6 nitrogen and oxygen atoms in total. The standard InChI is InChI=1S/C27H24ClFN6/c1-35-8-6-21(16-35)33-15-19(12-30)17-9-18(14-31-13-17)23-11-26(24-10-20(28)4-5-25(24)29)34-27-22(23)3-2-7-32-27/h2-5,7,9-15,21H,6,8,16,30H2,1H3. The number of likely N-dealkylation sites (N-methyl/N-ethyl adjacent to an activating group) is 1. The van der Waals surface area contributed by atoms with Crippen LogP contribution in [0.25, 0.3) is 39.0 Å². The lowest BCUT2D eigenvalue weighted by Gasteiger charge is -2.12. The average Bonchev–Trinajstić information content (AvgIpc) is 3.30. The molecule has 3 aromatic heterocycles. The summed E-state index contributed by atoms with van der Waals surface area (Å²) in [7, 11) is 2.10. The fourth-order valence-electron chi connectivity index (χ4n) is 4.31. The van der Waals surface area contributed by atoms with Crippen molar-refractivity contribution in [2.75, 3.05) is 20.1 Å². The van der Waals surface area contributed by atoms with Crippen molar-refractivity contribution in [1.29, 1.82) is 0 Å². The molecular formula is C27H24ClFN6. The van der Waals surface area contributed by atoms with E-state index in [1.807, 2.05) is 30.5 Å². The summed E-state index contributed by atoms with van der Waals surface area (Å²) in [6.07, 6.45) is 9.58. The van der Waals surface area contributed by atoms with E-state index in [2.05, 4.69) is 26.9 Å². The second kappa shape index (κ2) is 9.90. The topological polar surface area (TPSA) is 80.3 Å². The highest BCUT2D eigenvalue weighted by molar-refractivity contribution is 6.30. The SMILES string of the molecule is CN1CCC(N=CC(=CN)c2cncc(-c3cc(-c4cc(Cl)ccc4F)nc4ncccc34)c2)C1. The molecule has 2 N–H and O–H groups in total. The van der Waals surface area contributed by atoms with Gasteiger partial charge in [0.15, 0.2) is 5.65 Å². The maximum absolute atomic E-state index is 14.7.